The molecule has 1 atom stereocenters. The van der Waals surface area contributed by atoms with Crippen LogP contribution < -0.4 is 5.32 Å². The monoisotopic (exact) mass is 265 g/mol. The second kappa shape index (κ2) is 5.93. The van der Waals surface area contributed by atoms with Crippen molar-refractivity contribution in [3.05, 3.63) is 53.4 Å². The molecule has 1 unspecified atom stereocenters. The van der Waals surface area contributed by atoms with E-state index < -0.39 is 11.6 Å². The van der Waals surface area contributed by atoms with Crippen molar-refractivity contribution < 1.29 is 8.78 Å². The molecule has 0 fully saturated rings. The van der Waals surface area contributed by atoms with Crippen LogP contribution in [0.25, 0.3) is 0 Å². The van der Waals surface area contributed by atoms with Crippen molar-refractivity contribution in [2.24, 2.45) is 0 Å². The maximum absolute atomic E-state index is 13.5. The molecule has 5 heteroatoms. The van der Waals surface area contributed by atoms with Gasteiger partial charge in [0.2, 0.25) is 0 Å². The number of rotatable bonds is 5. The van der Waals surface area contributed by atoms with Crippen LogP contribution in [0.4, 0.5) is 8.78 Å². The van der Waals surface area contributed by atoms with Gasteiger partial charge >= 0.3 is 0 Å². The summed E-state index contributed by atoms with van der Waals surface area (Å²) in [7, 11) is 1.89. The van der Waals surface area contributed by atoms with Crippen LogP contribution in [0, 0.1) is 11.6 Å². The van der Waals surface area contributed by atoms with Crippen LogP contribution in [0.15, 0.2) is 30.6 Å². The summed E-state index contributed by atoms with van der Waals surface area (Å²) in [5.74, 6) is -1.11. The molecule has 0 saturated heterocycles. The minimum absolute atomic E-state index is 0.242. The first kappa shape index (κ1) is 13.7. The van der Waals surface area contributed by atoms with Crippen molar-refractivity contribution in [1.29, 1.82) is 0 Å². The molecule has 1 N–H and O–H groups in total. The third-order valence-electron chi connectivity index (χ3n) is 3.16. The lowest BCUT2D eigenvalue weighted by Gasteiger charge is -2.10. The van der Waals surface area contributed by atoms with Gasteiger partial charge in [0.05, 0.1) is 12.7 Å². The number of nitrogens with one attached hydrogen (secondary N) is 1. The van der Waals surface area contributed by atoms with Gasteiger partial charge in [0.25, 0.3) is 0 Å². The van der Waals surface area contributed by atoms with Crippen molar-refractivity contribution in [1.82, 2.24) is 15.1 Å². The highest BCUT2D eigenvalue weighted by Gasteiger charge is 2.10. The first-order valence-electron chi connectivity index (χ1n) is 6.27. The average Bonchev–Trinajstić information content (AvgIpc) is 2.83. The van der Waals surface area contributed by atoms with Crippen LogP contribution in [-0.2, 0) is 6.54 Å². The normalized spacial score (nSPS) is 12.6. The fourth-order valence-electron chi connectivity index (χ4n) is 2.08. The summed E-state index contributed by atoms with van der Waals surface area (Å²) in [6.45, 7) is 2.38. The summed E-state index contributed by atoms with van der Waals surface area (Å²) in [6, 6.07) is 3.83. The van der Waals surface area contributed by atoms with E-state index in [2.05, 4.69) is 17.3 Å². The Balaban J connectivity index is 2.15. The molecule has 2 rings (SSSR count). The Bertz CT molecular complexity index is 547. The Morgan fingerprint density at radius 1 is 1.37 bits per heavy atom. The van der Waals surface area contributed by atoms with Crippen molar-refractivity contribution >= 4 is 0 Å². The van der Waals surface area contributed by atoms with Gasteiger partial charge < -0.3 is 5.32 Å². The number of aromatic nitrogens is 2. The lowest BCUT2D eigenvalue weighted by atomic mass is 10.1. The molecule has 0 amide bonds. The number of halogens is 2. The molecule has 2 aromatic rings. The molecule has 0 aliphatic carbocycles. The summed E-state index contributed by atoms with van der Waals surface area (Å²) in [5, 5.41) is 7.40. The third-order valence-corrected chi connectivity index (χ3v) is 3.16. The molecule has 0 saturated carbocycles. The van der Waals surface area contributed by atoms with E-state index in [-0.39, 0.29) is 6.04 Å². The zero-order valence-corrected chi connectivity index (χ0v) is 11.0. The van der Waals surface area contributed by atoms with Crippen LogP contribution >= 0.6 is 0 Å². The smallest absolute Gasteiger partial charge is 0.131 e. The highest BCUT2D eigenvalue weighted by Crippen LogP contribution is 2.16. The summed E-state index contributed by atoms with van der Waals surface area (Å²) in [6.07, 6.45) is 4.60. The van der Waals surface area contributed by atoms with E-state index >= 15 is 0 Å². The zero-order chi connectivity index (χ0) is 13.8. The van der Waals surface area contributed by atoms with Gasteiger partial charge in [-0.2, -0.15) is 5.10 Å². The Hall–Kier alpha value is -1.75. The van der Waals surface area contributed by atoms with E-state index in [0.717, 1.165) is 18.1 Å². The van der Waals surface area contributed by atoms with Crippen molar-refractivity contribution in [3.8, 4) is 0 Å². The van der Waals surface area contributed by atoms with Crippen LogP contribution in [0.1, 0.15) is 30.5 Å². The first-order valence-corrected chi connectivity index (χ1v) is 6.27. The molecular formula is C14H17F2N3. The molecule has 0 bridgehead atoms. The van der Waals surface area contributed by atoms with Gasteiger partial charge in [-0.3, -0.25) is 4.68 Å². The van der Waals surface area contributed by atoms with Gasteiger partial charge in [-0.25, -0.2) is 8.78 Å². The van der Waals surface area contributed by atoms with Crippen molar-refractivity contribution in [2.75, 3.05) is 7.05 Å². The van der Waals surface area contributed by atoms with Crippen molar-refractivity contribution in [3.63, 3.8) is 0 Å². The number of hydrogen-bond donors (Lipinski definition) is 1. The molecule has 0 spiro atoms. The van der Waals surface area contributed by atoms with E-state index in [1.54, 1.807) is 10.9 Å². The molecule has 0 aliphatic heterocycles. The Labute approximate surface area is 111 Å². The molecule has 0 aliphatic rings. The van der Waals surface area contributed by atoms with Gasteiger partial charge in [-0.15, -0.1) is 0 Å². The van der Waals surface area contributed by atoms with Crippen LogP contribution in [0.5, 0.6) is 0 Å². The number of nitrogens with zero attached hydrogens (tertiary/aromatic N) is 2. The van der Waals surface area contributed by atoms with Gasteiger partial charge in [-0.05, 0) is 19.5 Å². The highest BCUT2D eigenvalue weighted by atomic mass is 19.1. The summed E-state index contributed by atoms with van der Waals surface area (Å²) in [5.41, 5.74) is 1.49. The lowest BCUT2D eigenvalue weighted by Crippen LogP contribution is -2.14. The van der Waals surface area contributed by atoms with Crippen LogP contribution in [0.3, 0.4) is 0 Å². The Morgan fingerprint density at radius 2 is 2.16 bits per heavy atom. The van der Waals surface area contributed by atoms with Gasteiger partial charge in [0, 0.05) is 29.4 Å². The third kappa shape index (κ3) is 3.17. The molecule has 102 valence electrons. The van der Waals surface area contributed by atoms with Crippen LogP contribution in [-0.4, -0.2) is 16.8 Å². The topological polar surface area (TPSA) is 29.9 Å². The summed E-state index contributed by atoms with van der Waals surface area (Å²) < 4.78 is 28.0. The Morgan fingerprint density at radius 3 is 2.79 bits per heavy atom. The number of hydrogen-bond acceptors (Lipinski definition) is 2. The van der Waals surface area contributed by atoms with Gasteiger partial charge in [-0.1, -0.05) is 13.0 Å². The SMILES string of the molecule is CCC(NC)c1cnn(Cc2ccc(F)cc2F)c1. The highest BCUT2D eigenvalue weighted by molar-refractivity contribution is 5.19. The second-order valence-corrected chi connectivity index (χ2v) is 4.46. The molecule has 1 heterocycles. The zero-order valence-electron chi connectivity index (χ0n) is 11.0. The fourth-order valence-corrected chi connectivity index (χ4v) is 2.08. The largest absolute Gasteiger partial charge is 0.313 e. The second-order valence-electron chi connectivity index (χ2n) is 4.46. The first-order chi connectivity index (χ1) is 9.13. The van der Waals surface area contributed by atoms with Crippen LogP contribution in [0.2, 0.25) is 0 Å². The predicted molar refractivity (Wildman–Crippen MR) is 69.8 cm³/mol. The van der Waals surface area contributed by atoms with E-state index in [4.69, 9.17) is 0 Å². The average molecular weight is 265 g/mol. The van der Waals surface area contributed by atoms with Gasteiger partial charge in [0.15, 0.2) is 0 Å². The minimum Gasteiger partial charge on any atom is -0.313 e. The predicted octanol–water partition coefficient (Wildman–Crippen LogP) is 2.88. The summed E-state index contributed by atoms with van der Waals surface area (Å²) in [4.78, 5) is 0. The lowest BCUT2D eigenvalue weighted by molar-refractivity contribution is 0.556. The molecule has 1 aromatic carbocycles. The molecule has 19 heavy (non-hydrogen) atoms. The number of benzene rings is 1. The molecule has 1 aromatic heterocycles. The minimum atomic E-state index is -0.566. The van der Waals surface area contributed by atoms with E-state index in [0.29, 0.717) is 12.1 Å². The fraction of sp³-hybridized carbons (Fsp3) is 0.357. The van der Waals surface area contributed by atoms with E-state index in [9.17, 15) is 8.78 Å². The Kier molecular flexibility index (Phi) is 4.27. The maximum atomic E-state index is 13.5. The van der Waals surface area contributed by atoms with E-state index in [1.807, 2.05) is 13.2 Å². The molecule has 0 radical (unpaired) electrons. The maximum Gasteiger partial charge on any atom is 0.131 e. The van der Waals surface area contributed by atoms with Gasteiger partial charge in [0.1, 0.15) is 11.6 Å². The standard InChI is InChI=1S/C14H17F2N3/c1-3-14(17-2)11-7-18-19(9-11)8-10-4-5-12(15)6-13(10)16/h4-7,9,14,17H,3,8H2,1-2H3. The summed E-state index contributed by atoms with van der Waals surface area (Å²) >= 11 is 0. The van der Waals surface area contributed by atoms with Crippen molar-refractivity contribution in [2.45, 2.75) is 25.9 Å². The van der Waals surface area contributed by atoms with E-state index in [1.165, 1.54) is 12.1 Å². The quantitative estimate of drug-likeness (QED) is 0.901. The molecular weight excluding hydrogens is 248 g/mol. The molecule has 3 nitrogen and oxygen atoms in total.